The van der Waals surface area contributed by atoms with Crippen LogP contribution in [0.15, 0.2) is 12.1 Å². The molecule has 17 heavy (non-hydrogen) atoms. The lowest BCUT2D eigenvalue weighted by atomic mass is 10.0. The van der Waals surface area contributed by atoms with E-state index in [0.717, 1.165) is 0 Å². The van der Waals surface area contributed by atoms with Gasteiger partial charge in [-0.05, 0) is 12.1 Å². The molecule has 0 fully saturated rings. The minimum absolute atomic E-state index is 0.0370. The molecule has 0 bridgehead atoms. The van der Waals surface area contributed by atoms with Gasteiger partial charge in [-0.15, -0.1) is 0 Å². The molecule has 2 nitrogen and oxygen atoms in total. The van der Waals surface area contributed by atoms with Crippen LogP contribution in [0.4, 0.5) is 32.0 Å². The number of carbonyl (C=O) groups excluding carboxylic acids is 1. The van der Waals surface area contributed by atoms with Crippen molar-refractivity contribution in [1.82, 2.24) is 0 Å². The molecule has 0 aliphatic rings. The Labute approximate surface area is 91.0 Å². The summed E-state index contributed by atoms with van der Waals surface area (Å²) in [6.45, 7) is 0. The predicted molar refractivity (Wildman–Crippen MR) is 46.2 cm³/mol. The molecule has 8 heteroatoms. The third-order valence-electron chi connectivity index (χ3n) is 2.00. The maximum Gasteiger partial charge on any atom is 0.419 e. The van der Waals surface area contributed by atoms with E-state index in [1.54, 1.807) is 0 Å². The number of benzene rings is 1. The number of anilines is 1. The molecule has 0 spiro atoms. The summed E-state index contributed by atoms with van der Waals surface area (Å²) in [7, 11) is 0. The van der Waals surface area contributed by atoms with E-state index >= 15 is 0 Å². The van der Waals surface area contributed by atoms with Gasteiger partial charge in [-0.25, -0.2) is 0 Å². The van der Waals surface area contributed by atoms with Gasteiger partial charge in [0.1, 0.15) is 0 Å². The average molecular weight is 257 g/mol. The van der Waals surface area contributed by atoms with E-state index in [1.807, 2.05) is 0 Å². The van der Waals surface area contributed by atoms with Gasteiger partial charge < -0.3 is 5.73 Å². The first-order valence-electron chi connectivity index (χ1n) is 4.11. The third-order valence-corrected chi connectivity index (χ3v) is 2.00. The van der Waals surface area contributed by atoms with Crippen LogP contribution >= 0.6 is 0 Å². The van der Waals surface area contributed by atoms with Crippen LogP contribution in [0.2, 0.25) is 0 Å². The number of nitrogens with two attached hydrogens (primary N) is 1. The molecule has 2 N–H and O–H groups in total. The number of alkyl halides is 6. The van der Waals surface area contributed by atoms with Crippen LogP contribution < -0.4 is 5.73 Å². The highest BCUT2D eigenvalue weighted by Gasteiger charge is 2.45. The zero-order valence-electron chi connectivity index (χ0n) is 7.99. The van der Waals surface area contributed by atoms with Crippen molar-refractivity contribution in [2.75, 3.05) is 5.73 Å². The molecule has 94 valence electrons. The molecule has 0 unspecified atom stereocenters. The molecular weight excluding hydrogens is 252 g/mol. The molecule has 0 aromatic heterocycles. The first-order chi connectivity index (χ1) is 7.59. The molecule has 1 rings (SSSR count). The van der Waals surface area contributed by atoms with Gasteiger partial charge in [0.15, 0.2) is 6.29 Å². The van der Waals surface area contributed by atoms with Crippen LogP contribution in [0.25, 0.3) is 0 Å². The summed E-state index contributed by atoms with van der Waals surface area (Å²) in [6.07, 6.45) is -10.5. The standard InChI is InChI=1S/C9H5F6NO/c10-8(11,12)5-2-1-4(3-17)7(16)6(5)9(13,14)15/h1-3H,16H2. The number of hydrogen-bond donors (Lipinski definition) is 1. The van der Waals surface area contributed by atoms with Gasteiger partial charge >= 0.3 is 12.4 Å². The Hall–Kier alpha value is -1.73. The van der Waals surface area contributed by atoms with Crippen LogP contribution in [0.3, 0.4) is 0 Å². The van der Waals surface area contributed by atoms with E-state index in [0.29, 0.717) is 6.07 Å². The van der Waals surface area contributed by atoms with Crippen molar-refractivity contribution in [1.29, 1.82) is 0 Å². The molecule has 0 aliphatic carbocycles. The summed E-state index contributed by atoms with van der Waals surface area (Å²) < 4.78 is 74.4. The van der Waals surface area contributed by atoms with Crippen molar-refractivity contribution in [3.63, 3.8) is 0 Å². The monoisotopic (exact) mass is 257 g/mol. The molecular formula is C9H5F6NO. The minimum atomic E-state index is -5.28. The Balaban J connectivity index is 3.65. The van der Waals surface area contributed by atoms with E-state index in [-0.39, 0.29) is 12.4 Å². The Morgan fingerprint density at radius 2 is 1.53 bits per heavy atom. The van der Waals surface area contributed by atoms with Gasteiger partial charge in [0.25, 0.3) is 0 Å². The third kappa shape index (κ3) is 2.51. The minimum Gasteiger partial charge on any atom is -0.398 e. The highest BCUT2D eigenvalue weighted by Crippen LogP contribution is 2.43. The van der Waals surface area contributed by atoms with Gasteiger partial charge in [-0.3, -0.25) is 4.79 Å². The second-order valence-corrected chi connectivity index (χ2v) is 3.10. The summed E-state index contributed by atoms with van der Waals surface area (Å²) >= 11 is 0. The summed E-state index contributed by atoms with van der Waals surface area (Å²) in [4.78, 5) is 10.3. The number of carbonyl (C=O) groups is 1. The van der Waals surface area contributed by atoms with Crippen LogP contribution in [-0.4, -0.2) is 6.29 Å². The Kier molecular flexibility index (Phi) is 3.09. The molecule has 0 aliphatic heterocycles. The Morgan fingerprint density at radius 1 is 1.00 bits per heavy atom. The summed E-state index contributed by atoms with van der Waals surface area (Å²) in [5.74, 6) is 0. The van der Waals surface area contributed by atoms with E-state index < -0.39 is 34.7 Å². The van der Waals surface area contributed by atoms with E-state index in [4.69, 9.17) is 5.73 Å². The van der Waals surface area contributed by atoms with Crippen LogP contribution in [0, 0.1) is 0 Å². The van der Waals surface area contributed by atoms with Crippen LogP contribution in [0.1, 0.15) is 21.5 Å². The average Bonchev–Trinajstić information content (AvgIpc) is 2.13. The molecule has 0 saturated carbocycles. The van der Waals surface area contributed by atoms with Crippen molar-refractivity contribution >= 4 is 12.0 Å². The Bertz CT molecular complexity index is 448. The summed E-state index contributed by atoms with van der Waals surface area (Å²) in [6, 6.07) is 0.781. The number of halogens is 6. The molecule has 1 aromatic carbocycles. The van der Waals surface area contributed by atoms with Crippen molar-refractivity contribution in [3.8, 4) is 0 Å². The van der Waals surface area contributed by atoms with E-state index in [9.17, 15) is 31.1 Å². The van der Waals surface area contributed by atoms with Gasteiger partial charge in [0.2, 0.25) is 0 Å². The lowest BCUT2D eigenvalue weighted by Gasteiger charge is -2.18. The van der Waals surface area contributed by atoms with Gasteiger partial charge in [0.05, 0.1) is 16.8 Å². The lowest BCUT2D eigenvalue weighted by Crippen LogP contribution is -2.19. The van der Waals surface area contributed by atoms with Gasteiger partial charge in [-0.1, -0.05) is 0 Å². The van der Waals surface area contributed by atoms with Crippen molar-refractivity contribution in [3.05, 3.63) is 28.8 Å². The van der Waals surface area contributed by atoms with E-state index in [2.05, 4.69) is 0 Å². The van der Waals surface area contributed by atoms with Crippen LogP contribution in [-0.2, 0) is 12.4 Å². The highest BCUT2D eigenvalue weighted by atomic mass is 19.4. The second kappa shape index (κ2) is 3.94. The summed E-state index contributed by atoms with van der Waals surface area (Å²) in [5.41, 5.74) is -0.870. The topological polar surface area (TPSA) is 43.1 Å². The molecule has 1 aromatic rings. The quantitative estimate of drug-likeness (QED) is 0.477. The van der Waals surface area contributed by atoms with E-state index in [1.165, 1.54) is 0 Å². The molecule has 0 radical (unpaired) electrons. The van der Waals surface area contributed by atoms with Crippen LogP contribution in [0.5, 0.6) is 0 Å². The fraction of sp³-hybridized carbons (Fsp3) is 0.222. The number of nitrogen functional groups attached to an aromatic ring is 1. The Morgan fingerprint density at radius 3 is 1.88 bits per heavy atom. The number of rotatable bonds is 1. The fourth-order valence-electron chi connectivity index (χ4n) is 1.28. The summed E-state index contributed by atoms with van der Waals surface area (Å²) in [5, 5.41) is 0. The first kappa shape index (κ1) is 13.3. The fourth-order valence-corrected chi connectivity index (χ4v) is 1.28. The maximum atomic E-state index is 12.5. The number of hydrogen-bond acceptors (Lipinski definition) is 2. The zero-order chi connectivity index (χ0) is 13.4. The van der Waals surface area contributed by atoms with Crippen molar-refractivity contribution in [2.24, 2.45) is 0 Å². The lowest BCUT2D eigenvalue weighted by molar-refractivity contribution is -0.161. The largest absolute Gasteiger partial charge is 0.419 e. The SMILES string of the molecule is Nc1c(C=O)ccc(C(F)(F)F)c1C(F)(F)F. The van der Waals surface area contributed by atoms with Gasteiger partial charge in [-0.2, -0.15) is 26.3 Å². The number of aldehydes is 1. The molecule has 0 atom stereocenters. The van der Waals surface area contributed by atoms with Gasteiger partial charge in [0, 0.05) is 5.56 Å². The zero-order valence-corrected chi connectivity index (χ0v) is 7.99. The second-order valence-electron chi connectivity index (χ2n) is 3.10. The smallest absolute Gasteiger partial charge is 0.398 e. The molecule has 0 heterocycles. The first-order valence-corrected chi connectivity index (χ1v) is 4.11. The van der Waals surface area contributed by atoms with Crippen molar-refractivity contribution < 1.29 is 31.1 Å². The molecule has 0 amide bonds. The predicted octanol–water partition coefficient (Wildman–Crippen LogP) is 3.12. The highest BCUT2D eigenvalue weighted by molar-refractivity contribution is 5.85. The molecule has 0 saturated heterocycles. The normalized spacial score (nSPS) is 12.6. The van der Waals surface area contributed by atoms with Crippen molar-refractivity contribution in [2.45, 2.75) is 12.4 Å². The maximum absolute atomic E-state index is 12.5.